The van der Waals surface area contributed by atoms with Crippen molar-refractivity contribution < 1.29 is 18.0 Å². The van der Waals surface area contributed by atoms with Gasteiger partial charge in [0.15, 0.2) is 0 Å². The second-order valence-corrected chi connectivity index (χ2v) is 10.1. The number of amides is 1. The van der Waals surface area contributed by atoms with E-state index in [0.29, 0.717) is 30.0 Å². The molecule has 3 aromatic rings. The number of carbonyl (C=O) groups is 1. The summed E-state index contributed by atoms with van der Waals surface area (Å²) in [4.78, 5) is 29.2. The molecule has 0 bridgehead atoms. The molecule has 214 valence electrons. The third-order valence-electron chi connectivity index (χ3n) is 6.40. The van der Waals surface area contributed by atoms with Crippen molar-refractivity contribution in [2.24, 2.45) is 0 Å². The Bertz CT molecular complexity index is 1470. The minimum Gasteiger partial charge on any atom is -0.367 e. The minimum absolute atomic E-state index is 0.0250. The molecule has 0 unspecified atom stereocenters. The Kier molecular flexibility index (Phi) is 9.31. The van der Waals surface area contributed by atoms with E-state index in [2.05, 4.69) is 42.3 Å². The summed E-state index contributed by atoms with van der Waals surface area (Å²) in [5, 5.41) is 14.0. The van der Waals surface area contributed by atoms with E-state index in [1.807, 2.05) is 25.8 Å². The maximum atomic E-state index is 13.9. The fourth-order valence-corrected chi connectivity index (χ4v) is 4.24. The zero-order chi connectivity index (χ0) is 29.6. The van der Waals surface area contributed by atoms with Gasteiger partial charge in [0.05, 0.1) is 16.7 Å². The summed E-state index contributed by atoms with van der Waals surface area (Å²) in [6.45, 7) is 7.03. The van der Waals surface area contributed by atoms with Crippen LogP contribution in [-0.4, -0.2) is 75.6 Å². The maximum Gasteiger partial charge on any atom is 0.416 e. The average Bonchev–Trinajstić information content (AvgIpc) is 2.93. The number of anilines is 2. The van der Waals surface area contributed by atoms with Crippen LogP contribution in [-0.2, 0) is 12.7 Å². The maximum absolute atomic E-state index is 13.9. The minimum atomic E-state index is -4.57. The van der Waals surface area contributed by atoms with Crippen LogP contribution in [0.25, 0.3) is 0 Å². The van der Waals surface area contributed by atoms with Crippen molar-refractivity contribution in [3.05, 3.63) is 77.0 Å². The third-order valence-corrected chi connectivity index (χ3v) is 6.40. The number of pyridine rings is 1. The Hall–Kier alpha value is -4.34. The van der Waals surface area contributed by atoms with Gasteiger partial charge in [-0.2, -0.15) is 13.2 Å². The van der Waals surface area contributed by atoms with Gasteiger partial charge >= 0.3 is 6.18 Å². The monoisotopic (exact) mass is 564 g/mol. The molecule has 2 aromatic heterocycles. The molecule has 0 spiro atoms. The molecule has 1 aliphatic heterocycles. The van der Waals surface area contributed by atoms with Crippen LogP contribution in [0.1, 0.15) is 46.5 Å². The van der Waals surface area contributed by atoms with Crippen molar-refractivity contribution in [3.63, 3.8) is 0 Å². The van der Waals surface area contributed by atoms with Crippen LogP contribution in [0.2, 0.25) is 0 Å². The predicted molar refractivity (Wildman–Crippen MR) is 151 cm³/mol. The topological polar surface area (TPSA) is 110 Å². The van der Waals surface area contributed by atoms with Crippen LogP contribution >= 0.6 is 0 Å². The van der Waals surface area contributed by atoms with Crippen LogP contribution in [0.15, 0.2) is 49.2 Å². The quantitative estimate of drug-likeness (QED) is 0.292. The average molecular weight is 565 g/mol. The van der Waals surface area contributed by atoms with E-state index >= 15 is 0 Å². The Morgan fingerprint density at radius 3 is 2.56 bits per heavy atom. The molecular formula is C29H31F3N8O. The number of alkyl halides is 3. The van der Waals surface area contributed by atoms with E-state index in [4.69, 9.17) is 5.41 Å². The highest BCUT2D eigenvalue weighted by Gasteiger charge is 2.34. The number of likely N-dealkylation sites (N-methyl/N-ethyl adjacent to an activating group) is 1. The molecule has 0 saturated carbocycles. The molecule has 3 heterocycles. The first kappa shape index (κ1) is 29.6. The molecule has 1 fully saturated rings. The second-order valence-electron chi connectivity index (χ2n) is 10.1. The summed E-state index contributed by atoms with van der Waals surface area (Å²) in [6.07, 6.45) is 1.02. The van der Waals surface area contributed by atoms with Gasteiger partial charge in [0.2, 0.25) is 0 Å². The Morgan fingerprint density at radius 2 is 1.85 bits per heavy atom. The molecule has 1 saturated heterocycles. The lowest BCUT2D eigenvalue weighted by molar-refractivity contribution is -0.138. The first-order valence-corrected chi connectivity index (χ1v) is 13.0. The fraction of sp³-hybridized carbons (Fsp3) is 0.345. The van der Waals surface area contributed by atoms with Gasteiger partial charge in [-0.05, 0) is 50.6 Å². The standard InChI is InChI=1S/C29H31F3N8O/c1-19(2)37-27-24(16-35-18-36-27)26(33)7-4-20-12-22(15-34-14-20)28(41)38-23-6-5-21(25(13-23)29(30,31)32)17-40-10-8-39(3)9-11-40/h5-6,12-16,18-19,33H,8-11,17H2,1-3H3,(H,38,41)(H,35,36,37). The van der Waals surface area contributed by atoms with E-state index in [1.165, 1.54) is 43.1 Å². The lowest BCUT2D eigenvalue weighted by Gasteiger charge is -2.33. The Balaban J connectivity index is 1.48. The van der Waals surface area contributed by atoms with Crippen molar-refractivity contribution in [2.75, 3.05) is 43.9 Å². The largest absolute Gasteiger partial charge is 0.416 e. The number of rotatable bonds is 7. The molecule has 3 N–H and O–H groups in total. The van der Waals surface area contributed by atoms with Gasteiger partial charge in [-0.1, -0.05) is 12.0 Å². The normalized spacial score (nSPS) is 14.3. The number of nitrogens with one attached hydrogen (secondary N) is 3. The molecule has 1 aliphatic rings. The van der Waals surface area contributed by atoms with Crippen molar-refractivity contribution in [2.45, 2.75) is 32.6 Å². The zero-order valence-corrected chi connectivity index (χ0v) is 23.0. The van der Waals surface area contributed by atoms with Crippen LogP contribution in [0.3, 0.4) is 0 Å². The summed E-state index contributed by atoms with van der Waals surface area (Å²) in [5.74, 6) is 5.38. The van der Waals surface area contributed by atoms with Crippen molar-refractivity contribution in [1.29, 1.82) is 5.41 Å². The van der Waals surface area contributed by atoms with Gasteiger partial charge in [0, 0.05) is 68.6 Å². The number of benzene rings is 1. The van der Waals surface area contributed by atoms with Gasteiger partial charge < -0.3 is 15.5 Å². The molecular weight excluding hydrogens is 533 g/mol. The fourth-order valence-electron chi connectivity index (χ4n) is 4.24. The highest BCUT2D eigenvalue weighted by atomic mass is 19.4. The van der Waals surface area contributed by atoms with E-state index in [1.54, 1.807) is 0 Å². The van der Waals surface area contributed by atoms with Crippen LogP contribution in [0.4, 0.5) is 24.7 Å². The van der Waals surface area contributed by atoms with Crippen LogP contribution in [0, 0.1) is 17.3 Å². The number of halogens is 3. The van der Waals surface area contributed by atoms with E-state index < -0.39 is 17.6 Å². The Labute approximate surface area is 236 Å². The van der Waals surface area contributed by atoms with Crippen LogP contribution < -0.4 is 10.6 Å². The predicted octanol–water partition coefficient (Wildman–Crippen LogP) is 4.13. The lowest BCUT2D eigenvalue weighted by atomic mass is 10.0. The first-order valence-electron chi connectivity index (χ1n) is 13.0. The number of aromatic nitrogens is 3. The SMILES string of the molecule is CC(C)Nc1ncncc1C(=N)C#Cc1cncc(C(=O)Nc2ccc(CN3CCN(C)CC3)c(C(F)(F)F)c2)c1. The number of carbonyl (C=O) groups excluding carboxylic acids is 1. The van der Waals surface area contributed by atoms with E-state index in [-0.39, 0.29) is 35.1 Å². The number of piperazine rings is 1. The number of hydrogen-bond acceptors (Lipinski definition) is 8. The molecule has 0 atom stereocenters. The second kappa shape index (κ2) is 12.9. The molecule has 1 aromatic carbocycles. The van der Waals surface area contributed by atoms with Gasteiger partial charge in [0.1, 0.15) is 17.9 Å². The van der Waals surface area contributed by atoms with E-state index in [9.17, 15) is 18.0 Å². The van der Waals surface area contributed by atoms with Crippen molar-refractivity contribution in [1.82, 2.24) is 24.8 Å². The van der Waals surface area contributed by atoms with Crippen molar-refractivity contribution in [3.8, 4) is 11.8 Å². The Morgan fingerprint density at radius 1 is 1.10 bits per heavy atom. The summed E-state index contributed by atoms with van der Waals surface area (Å²) in [7, 11) is 1.99. The molecule has 41 heavy (non-hydrogen) atoms. The van der Waals surface area contributed by atoms with E-state index in [0.717, 1.165) is 19.2 Å². The van der Waals surface area contributed by atoms with Crippen LogP contribution in [0.5, 0.6) is 0 Å². The molecule has 0 radical (unpaired) electrons. The van der Waals surface area contributed by atoms with Gasteiger partial charge in [-0.15, -0.1) is 0 Å². The smallest absolute Gasteiger partial charge is 0.367 e. The highest BCUT2D eigenvalue weighted by Crippen LogP contribution is 2.34. The molecule has 4 rings (SSSR count). The summed E-state index contributed by atoms with van der Waals surface area (Å²) >= 11 is 0. The van der Waals surface area contributed by atoms with Crippen molar-refractivity contribution >= 4 is 23.1 Å². The highest BCUT2D eigenvalue weighted by molar-refractivity contribution is 6.13. The zero-order valence-electron chi connectivity index (χ0n) is 23.0. The van der Waals surface area contributed by atoms with Gasteiger partial charge in [0.25, 0.3) is 5.91 Å². The molecule has 1 amide bonds. The molecule has 12 heteroatoms. The molecule has 9 nitrogen and oxygen atoms in total. The first-order chi connectivity index (χ1) is 19.5. The molecule has 0 aliphatic carbocycles. The van der Waals surface area contributed by atoms with Gasteiger partial charge in [-0.25, -0.2) is 9.97 Å². The summed E-state index contributed by atoms with van der Waals surface area (Å²) in [6, 6.07) is 5.40. The number of hydrogen-bond donors (Lipinski definition) is 3. The summed E-state index contributed by atoms with van der Waals surface area (Å²) in [5.41, 5.74) is 0.280. The third kappa shape index (κ3) is 8.09. The van der Waals surface area contributed by atoms with Gasteiger partial charge in [-0.3, -0.25) is 20.1 Å². The lowest BCUT2D eigenvalue weighted by Crippen LogP contribution is -2.44. The summed E-state index contributed by atoms with van der Waals surface area (Å²) < 4.78 is 41.8. The number of nitrogens with zero attached hydrogens (tertiary/aromatic N) is 5.